The first-order valence-corrected chi connectivity index (χ1v) is 6.38. The molecule has 2 rings (SSSR count). The molecule has 0 heterocycles. The summed E-state index contributed by atoms with van der Waals surface area (Å²) in [7, 11) is 0. The number of nitriles is 1. The van der Waals surface area contributed by atoms with Gasteiger partial charge >= 0.3 is 0 Å². The number of nitrogens with zero attached hydrogens (tertiary/aromatic N) is 1. The lowest BCUT2D eigenvalue weighted by Gasteiger charge is -2.10. The van der Waals surface area contributed by atoms with E-state index in [0.717, 1.165) is 5.56 Å². The highest BCUT2D eigenvalue weighted by atomic mass is 19.1. The van der Waals surface area contributed by atoms with Gasteiger partial charge in [-0.25, -0.2) is 4.39 Å². The van der Waals surface area contributed by atoms with Gasteiger partial charge in [0.1, 0.15) is 5.82 Å². The molecule has 21 heavy (non-hydrogen) atoms. The van der Waals surface area contributed by atoms with Crippen molar-refractivity contribution in [3.8, 4) is 6.07 Å². The molecule has 0 saturated heterocycles. The summed E-state index contributed by atoms with van der Waals surface area (Å²) in [5.74, 6) is -0.626. The molecule has 0 aliphatic rings. The Bertz CT molecular complexity index is 707. The molecule has 0 radical (unpaired) electrons. The summed E-state index contributed by atoms with van der Waals surface area (Å²) < 4.78 is 13.1. The molecule has 2 aromatic rings. The molecule has 2 N–H and O–H groups in total. The number of rotatable bonds is 4. The van der Waals surface area contributed by atoms with Gasteiger partial charge in [0.25, 0.3) is 0 Å². The lowest BCUT2D eigenvalue weighted by atomic mass is 10.2. The van der Waals surface area contributed by atoms with E-state index in [-0.39, 0.29) is 18.3 Å². The predicted octanol–water partition coefficient (Wildman–Crippen LogP) is 3.06. The minimum absolute atomic E-state index is 0.0150. The Morgan fingerprint density at radius 2 is 2.10 bits per heavy atom. The predicted molar refractivity (Wildman–Crippen MR) is 79.4 cm³/mol. The van der Waals surface area contributed by atoms with E-state index in [0.29, 0.717) is 16.9 Å². The molecular formula is C16H14FN3O. The van der Waals surface area contributed by atoms with Crippen LogP contribution in [0.4, 0.5) is 15.8 Å². The number of aryl methyl sites for hydroxylation is 1. The van der Waals surface area contributed by atoms with Gasteiger partial charge in [0.15, 0.2) is 0 Å². The number of hydrogen-bond acceptors (Lipinski definition) is 3. The number of carbonyl (C=O) groups excluding carboxylic acids is 1. The van der Waals surface area contributed by atoms with Gasteiger partial charge in [0.2, 0.25) is 5.91 Å². The van der Waals surface area contributed by atoms with Crippen LogP contribution >= 0.6 is 0 Å². The van der Waals surface area contributed by atoms with E-state index in [1.54, 1.807) is 30.3 Å². The monoisotopic (exact) mass is 283 g/mol. The average Bonchev–Trinajstić information content (AvgIpc) is 2.48. The zero-order valence-corrected chi connectivity index (χ0v) is 11.5. The van der Waals surface area contributed by atoms with Crippen LogP contribution in [0.25, 0.3) is 0 Å². The topological polar surface area (TPSA) is 64.9 Å². The maximum absolute atomic E-state index is 13.1. The first-order chi connectivity index (χ1) is 10.1. The van der Waals surface area contributed by atoms with Crippen LogP contribution in [0.15, 0.2) is 42.5 Å². The molecule has 2 aromatic carbocycles. The van der Waals surface area contributed by atoms with Crippen LogP contribution in [0, 0.1) is 24.1 Å². The van der Waals surface area contributed by atoms with Crippen molar-refractivity contribution in [1.82, 2.24) is 0 Å². The molecule has 0 fully saturated rings. The number of benzene rings is 2. The quantitative estimate of drug-likeness (QED) is 0.906. The fraction of sp³-hybridized carbons (Fsp3) is 0.125. The van der Waals surface area contributed by atoms with Gasteiger partial charge in [-0.05, 0) is 42.8 Å². The van der Waals surface area contributed by atoms with Gasteiger partial charge in [0, 0.05) is 11.4 Å². The fourth-order valence-corrected chi connectivity index (χ4v) is 1.83. The molecule has 0 saturated carbocycles. The maximum Gasteiger partial charge on any atom is 0.243 e. The van der Waals surface area contributed by atoms with Crippen molar-refractivity contribution in [2.45, 2.75) is 6.92 Å². The summed E-state index contributed by atoms with van der Waals surface area (Å²) in [4.78, 5) is 11.8. The van der Waals surface area contributed by atoms with Gasteiger partial charge in [-0.1, -0.05) is 12.1 Å². The van der Waals surface area contributed by atoms with Gasteiger partial charge < -0.3 is 10.6 Å². The summed E-state index contributed by atoms with van der Waals surface area (Å²) in [6.07, 6.45) is 0. The molecule has 0 aliphatic heterocycles. The van der Waals surface area contributed by atoms with E-state index in [1.165, 1.54) is 12.1 Å². The Balaban J connectivity index is 1.96. The lowest BCUT2D eigenvalue weighted by molar-refractivity contribution is -0.114. The standard InChI is InChI=1S/C16H14FN3O/c1-11-5-6-13(17)8-15(11)19-10-16(21)20-14-4-2-3-12(7-14)9-18/h2-8,19H,10H2,1H3,(H,20,21). The summed E-state index contributed by atoms with van der Waals surface area (Å²) in [6, 6.07) is 13.0. The average molecular weight is 283 g/mol. The summed E-state index contributed by atoms with van der Waals surface area (Å²) in [5.41, 5.74) is 2.46. The van der Waals surface area contributed by atoms with E-state index in [9.17, 15) is 9.18 Å². The Kier molecular flexibility index (Phi) is 4.52. The molecule has 0 atom stereocenters. The Hall–Kier alpha value is -2.87. The zero-order valence-electron chi connectivity index (χ0n) is 11.5. The zero-order chi connectivity index (χ0) is 15.2. The molecule has 0 aliphatic carbocycles. The summed E-state index contributed by atoms with van der Waals surface area (Å²) in [6.45, 7) is 1.84. The van der Waals surface area contributed by atoms with Crippen molar-refractivity contribution in [3.05, 3.63) is 59.4 Å². The fourth-order valence-electron chi connectivity index (χ4n) is 1.83. The highest BCUT2D eigenvalue weighted by Crippen LogP contribution is 2.15. The molecule has 0 aromatic heterocycles. The number of carbonyl (C=O) groups is 1. The lowest BCUT2D eigenvalue weighted by Crippen LogP contribution is -2.22. The maximum atomic E-state index is 13.1. The first kappa shape index (κ1) is 14.5. The van der Waals surface area contributed by atoms with Crippen LogP contribution in [0.1, 0.15) is 11.1 Å². The third kappa shape index (κ3) is 4.05. The summed E-state index contributed by atoms with van der Waals surface area (Å²) in [5, 5.41) is 14.4. The molecular weight excluding hydrogens is 269 g/mol. The minimum Gasteiger partial charge on any atom is -0.376 e. The number of anilines is 2. The van der Waals surface area contributed by atoms with Gasteiger partial charge in [-0.2, -0.15) is 5.26 Å². The molecule has 4 nitrogen and oxygen atoms in total. The van der Waals surface area contributed by atoms with Crippen LogP contribution in [0.5, 0.6) is 0 Å². The van der Waals surface area contributed by atoms with Crippen molar-refractivity contribution in [2.75, 3.05) is 17.2 Å². The Morgan fingerprint density at radius 1 is 1.29 bits per heavy atom. The van der Waals surface area contributed by atoms with Crippen molar-refractivity contribution in [3.63, 3.8) is 0 Å². The van der Waals surface area contributed by atoms with E-state index >= 15 is 0 Å². The Morgan fingerprint density at radius 3 is 2.86 bits per heavy atom. The molecule has 0 unspecified atom stereocenters. The van der Waals surface area contributed by atoms with Gasteiger partial charge in [-0.15, -0.1) is 0 Å². The van der Waals surface area contributed by atoms with Crippen LogP contribution in [-0.2, 0) is 4.79 Å². The molecule has 0 bridgehead atoms. The van der Waals surface area contributed by atoms with Crippen molar-refractivity contribution in [2.24, 2.45) is 0 Å². The summed E-state index contributed by atoms with van der Waals surface area (Å²) >= 11 is 0. The number of amides is 1. The van der Waals surface area contributed by atoms with E-state index in [4.69, 9.17) is 5.26 Å². The van der Waals surface area contributed by atoms with E-state index in [1.807, 2.05) is 13.0 Å². The largest absolute Gasteiger partial charge is 0.376 e. The number of hydrogen-bond donors (Lipinski definition) is 2. The second kappa shape index (κ2) is 6.53. The van der Waals surface area contributed by atoms with Crippen LogP contribution in [0.3, 0.4) is 0 Å². The number of nitrogens with one attached hydrogen (secondary N) is 2. The Labute approximate surface area is 122 Å². The van der Waals surface area contributed by atoms with Crippen LogP contribution in [-0.4, -0.2) is 12.5 Å². The third-order valence-electron chi connectivity index (χ3n) is 2.91. The molecule has 0 spiro atoms. The SMILES string of the molecule is Cc1ccc(F)cc1NCC(=O)Nc1cccc(C#N)c1. The smallest absolute Gasteiger partial charge is 0.243 e. The second-order valence-electron chi connectivity index (χ2n) is 4.55. The van der Waals surface area contributed by atoms with E-state index in [2.05, 4.69) is 10.6 Å². The molecule has 106 valence electrons. The second-order valence-corrected chi connectivity index (χ2v) is 4.55. The van der Waals surface area contributed by atoms with Crippen molar-refractivity contribution < 1.29 is 9.18 Å². The van der Waals surface area contributed by atoms with Gasteiger partial charge in [-0.3, -0.25) is 4.79 Å². The van der Waals surface area contributed by atoms with Gasteiger partial charge in [0.05, 0.1) is 18.2 Å². The highest BCUT2D eigenvalue weighted by Gasteiger charge is 2.05. The van der Waals surface area contributed by atoms with Crippen LogP contribution < -0.4 is 10.6 Å². The minimum atomic E-state index is -0.356. The highest BCUT2D eigenvalue weighted by molar-refractivity contribution is 5.94. The van der Waals surface area contributed by atoms with Crippen molar-refractivity contribution >= 4 is 17.3 Å². The van der Waals surface area contributed by atoms with E-state index < -0.39 is 0 Å². The van der Waals surface area contributed by atoms with Crippen molar-refractivity contribution in [1.29, 1.82) is 5.26 Å². The third-order valence-corrected chi connectivity index (χ3v) is 2.91. The van der Waals surface area contributed by atoms with Crippen LogP contribution in [0.2, 0.25) is 0 Å². The first-order valence-electron chi connectivity index (χ1n) is 6.38. The molecule has 1 amide bonds. The number of halogens is 1. The molecule has 5 heteroatoms. The normalized spacial score (nSPS) is 9.76.